The van der Waals surface area contributed by atoms with E-state index in [0.29, 0.717) is 0 Å². The van der Waals surface area contributed by atoms with Gasteiger partial charge in [-0.05, 0) is 86.1 Å². The maximum atomic E-state index is 6.89. The van der Waals surface area contributed by atoms with Crippen LogP contribution in [0.5, 0.6) is 0 Å². The number of hydrogen-bond acceptors (Lipinski definition) is 0. The third-order valence-electron chi connectivity index (χ3n) is 4.81. The predicted molar refractivity (Wildman–Crippen MR) is 96.7 cm³/mol. The summed E-state index contributed by atoms with van der Waals surface area (Å²) in [5.74, 6) is 0. The summed E-state index contributed by atoms with van der Waals surface area (Å²) < 4.78 is 1.11. The first-order valence-corrected chi connectivity index (χ1v) is 8.46. The minimum Gasteiger partial charge on any atom is -0.113 e. The lowest BCUT2D eigenvalue weighted by Crippen LogP contribution is -2.06. The lowest BCUT2D eigenvalue weighted by Gasteiger charge is -2.23. The zero-order valence-electron chi connectivity index (χ0n) is 13.6. The fourth-order valence-corrected chi connectivity index (χ4v) is 4.06. The Kier molecular flexibility index (Phi) is 4.85. The van der Waals surface area contributed by atoms with Crippen molar-refractivity contribution in [2.24, 2.45) is 0 Å². The van der Waals surface area contributed by atoms with Gasteiger partial charge in [0.05, 0.1) is 5.38 Å². The molecule has 2 aromatic carbocycles. The number of rotatable bonds is 2. The highest BCUT2D eigenvalue weighted by Crippen LogP contribution is 2.40. The molecule has 0 aliphatic rings. The summed E-state index contributed by atoms with van der Waals surface area (Å²) in [5.41, 5.74) is 10.3. The van der Waals surface area contributed by atoms with Crippen LogP contribution in [0.25, 0.3) is 0 Å². The Morgan fingerprint density at radius 2 is 1.29 bits per heavy atom. The van der Waals surface area contributed by atoms with E-state index in [4.69, 9.17) is 11.6 Å². The molecule has 21 heavy (non-hydrogen) atoms. The molecule has 0 nitrogen and oxygen atoms in total. The fourth-order valence-electron chi connectivity index (χ4n) is 2.93. The van der Waals surface area contributed by atoms with Gasteiger partial charge in [0.1, 0.15) is 0 Å². The lowest BCUT2D eigenvalue weighted by molar-refractivity contribution is 1.03. The molecule has 2 heteroatoms. The molecule has 2 aromatic rings. The maximum absolute atomic E-state index is 6.89. The van der Waals surface area contributed by atoms with Gasteiger partial charge in [-0.2, -0.15) is 0 Å². The Hall–Kier alpha value is -0.790. The van der Waals surface area contributed by atoms with Gasteiger partial charge in [-0.25, -0.2) is 0 Å². The first-order chi connectivity index (χ1) is 9.77. The second kappa shape index (κ2) is 6.14. The lowest BCUT2D eigenvalue weighted by atomic mass is 9.86. The molecule has 1 atom stereocenters. The van der Waals surface area contributed by atoms with Crippen LogP contribution in [0.3, 0.4) is 0 Å². The van der Waals surface area contributed by atoms with E-state index in [-0.39, 0.29) is 5.38 Å². The van der Waals surface area contributed by atoms with Crippen molar-refractivity contribution in [3.05, 3.63) is 67.2 Å². The molecule has 0 aliphatic heterocycles. The Bertz CT molecular complexity index is 672. The van der Waals surface area contributed by atoms with Crippen molar-refractivity contribution in [1.29, 1.82) is 0 Å². The van der Waals surface area contributed by atoms with E-state index in [0.717, 1.165) is 10.0 Å². The van der Waals surface area contributed by atoms with E-state index in [2.05, 4.69) is 75.7 Å². The molecule has 0 heterocycles. The van der Waals surface area contributed by atoms with Crippen molar-refractivity contribution in [3.63, 3.8) is 0 Å². The number of alkyl halides is 1. The van der Waals surface area contributed by atoms with Crippen LogP contribution in [0.1, 0.15) is 49.9 Å². The minimum atomic E-state index is -0.128. The number of benzene rings is 2. The van der Waals surface area contributed by atoms with E-state index in [1.165, 1.54) is 38.9 Å². The van der Waals surface area contributed by atoms with Crippen LogP contribution in [0.15, 0.2) is 22.7 Å². The van der Waals surface area contributed by atoms with Crippen LogP contribution in [-0.2, 0) is 0 Å². The molecule has 0 spiro atoms. The second-order valence-electron chi connectivity index (χ2n) is 5.88. The first kappa shape index (κ1) is 16.6. The second-order valence-corrected chi connectivity index (χ2v) is 7.11. The Morgan fingerprint density at radius 1 is 0.810 bits per heavy atom. The monoisotopic (exact) mass is 364 g/mol. The van der Waals surface area contributed by atoms with Crippen molar-refractivity contribution < 1.29 is 0 Å². The molecule has 0 N–H and O–H groups in total. The van der Waals surface area contributed by atoms with Crippen LogP contribution in [0.2, 0.25) is 0 Å². The SMILES string of the molecule is Cc1cccc(C(Cl)c2c(C)c(C)c(C)c(C)c2C)c1Br. The van der Waals surface area contributed by atoms with Gasteiger partial charge >= 0.3 is 0 Å². The van der Waals surface area contributed by atoms with Crippen LogP contribution in [-0.4, -0.2) is 0 Å². The quantitative estimate of drug-likeness (QED) is 0.524. The smallest absolute Gasteiger partial charge is 0.0851 e. The summed E-state index contributed by atoms with van der Waals surface area (Å²) >= 11 is 10.6. The van der Waals surface area contributed by atoms with Crippen molar-refractivity contribution in [2.75, 3.05) is 0 Å². The summed E-state index contributed by atoms with van der Waals surface area (Å²) in [7, 11) is 0. The van der Waals surface area contributed by atoms with Gasteiger partial charge in [-0.3, -0.25) is 0 Å². The van der Waals surface area contributed by atoms with E-state index in [1.54, 1.807) is 0 Å². The molecular weight excluding hydrogens is 344 g/mol. The van der Waals surface area contributed by atoms with Gasteiger partial charge in [0.2, 0.25) is 0 Å². The normalized spacial score (nSPS) is 12.6. The molecule has 0 saturated carbocycles. The molecule has 0 bridgehead atoms. The van der Waals surface area contributed by atoms with E-state index < -0.39 is 0 Å². The number of halogens is 2. The van der Waals surface area contributed by atoms with Crippen molar-refractivity contribution >= 4 is 27.5 Å². The topological polar surface area (TPSA) is 0 Å². The van der Waals surface area contributed by atoms with Gasteiger partial charge in [-0.1, -0.05) is 34.1 Å². The standard InChI is InChI=1S/C19H22BrCl/c1-10-8-7-9-16(18(10)20)19(21)17-14(5)12(3)11(2)13(4)15(17)6/h7-9,19H,1-6H3. The zero-order chi connectivity index (χ0) is 15.9. The summed E-state index contributed by atoms with van der Waals surface area (Å²) in [6.07, 6.45) is 0. The van der Waals surface area contributed by atoms with E-state index in [1.807, 2.05) is 0 Å². The molecule has 0 radical (unpaired) electrons. The summed E-state index contributed by atoms with van der Waals surface area (Å²) in [6.45, 7) is 13.0. The van der Waals surface area contributed by atoms with Crippen molar-refractivity contribution in [3.8, 4) is 0 Å². The van der Waals surface area contributed by atoms with E-state index >= 15 is 0 Å². The molecule has 1 unspecified atom stereocenters. The highest BCUT2D eigenvalue weighted by atomic mass is 79.9. The van der Waals surface area contributed by atoms with Gasteiger partial charge < -0.3 is 0 Å². The predicted octanol–water partition coefficient (Wildman–Crippen LogP) is 6.63. The molecule has 0 amide bonds. The largest absolute Gasteiger partial charge is 0.113 e. The zero-order valence-corrected chi connectivity index (χ0v) is 15.9. The first-order valence-electron chi connectivity index (χ1n) is 7.23. The van der Waals surface area contributed by atoms with Crippen LogP contribution in [0, 0.1) is 41.5 Å². The third kappa shape index (κ3) is 2.78. The van der Waals surface area contributed by atoms with Gasteiger partial charge in [0, 0.05) is 4.47 Å². The van der Waals surface area contributed by atoms with Crippen LogP contribution < -0.4 is 0 Å². The maximum Gasteiger partial charge on any atom is 0.0851 e. The molecule has 0 saturated heterocycles. The molecule has 0 aliphatic carbocycles. The number of hydrogen-bond donors (Lipinski definition) is 0. The number of aryl methyl sites for hydroxylation is 1. The molecule has 0 fully saturated rings. The third-order valence-corrected chi connectivity index (χ3v) is 6.34. The summed E-state index contributed by atoms with van der Waals surface area (Å²) in [4.78, 5) is 0. The fraction of sp³-hybridized carbons (Fsp3) is 0.368. The average Bonchev–Trinajstić information content (AvgIpc) is 2.46. The van der Waals surface area contributed by atoms with Gasteiger partial charge in [-0.15, -0.1) is 11.6 Å². The summed E-state index contributed by atoms with van der Waals surface area (Å²) in [6, 6.07) is 6.28. The van der Waals surface area contributed by atoms with Crippen LogP contribution in [0.4, 0.5) is 0 Å². The Balaban J connectivity index is 2.70. The highest BCUT2D eigenvalue weighted by molar-refractivity contribution is 9.10. The minimum absolute atomic E-state index is 0.128. The molecule has 112 valence electrons. The Labute approximate surface area is 141 Å². The van der Waals surface area contributed by atoms with E-state index in [9.17, 15) is 0 Å². The molecule has 0 aromatic heterocycles. The molecule has 2 rings (SSSR count). The van der Waals surface area contributed by atoms with Gasteiger partial charge in [0.25, 0.3) is 0 Å². The van der Waals surface area contributed by atoms with Gasteiger partial charge in [0.15, 0.2) is 0 Å². The summed E-state index contributed by atoms with van der Waals surface area (Å²) in [5, 5.41) is -0.128. The van der Waals surface area contributed by atoms with Crippen LogP contribution >= 0.6 is 27.5 Å². The molecular formula is C19H22BrCl. The highest BCUT2D eigenvalue weighted by Gasteiger charge is 2.22. The van der Waals surface area contributed by atoms with Crippen molar-refractivity contribution in [2.45, 2.75) is 46.9 Å². The Morgan fingerprint density at radius 3 is 1.81 bits per heavy atom. The van der Waals surface area contributed by atoms with Crippen molar-refractivity contribution in [1.82, 2.24) is 0 Å². The average molecular weight is 366 g/mol.